The van der Waals surface area contributed by atoms with Gasteiger partial charge in [0.1, 0.15) is 6.04 Å². The van der Waals surface area contributed by atoms with Crippen molar-refractivity contribution < 1.29 is 13.2 Å². The van der Waals surface area contributed by atoms with E-state index < -0.39 is 16.5 Å². The van der Waals surface area contributed by atoms with Crippen LogP contribution in [0.2, 0.25) is 0 Å². The van der Waals surface area contributed by atoms with Gasteiger partial charge in [-0.1, -0.05) is 0 Å². The molecule has 0 radical (unpaired) electrons. The molecule has 0 aliphatic heterocycles. The van der Waals surface area contributed by atoms with Crippen LogP contribution in [-0.2, 0) is 15.3 Å². The van der Waals surface area contributed by atoms with Gasteiger partial charge in [0.2, 0.25) is 0 Å². The smallest absolute Gasteiger partial charge is 0.311 e. The maximum absolute atomic E-state index is 11.1. The molecule has 1 unspecified atom stereocenters. The monoisotopic (exact) mass is 276 g/mol. The van der Waals surface area contributed by atoms with Crippen LogP contribution in [0, 0.1) is 0 Å². The molecule has 1 atom stereocenters. The van der Waals surface area contributed by atoms with E-state index in [-0.39, 0.29) is 24.1 Å². The maximum Gasteiger partial charge on any atom is 0.311 e. The zero-order chi connectivity index (χ0) is 11.0. The van der Waals surface area contributed by atoms with Gasteiger partial charge in [-0.15, -0.1) is 24.0 Å². The Morgan fingerprint density at radius 2 is 2.00 bits per heavy atom. The van der Waals surface area contributed by atoms with Crippen LogP contribution in [0.1, 0.15) is 19.3 Å². The molecule has 0 saturated heterocycles. The Hall–Kier alpha value is -0.170. The van der Waals surface area contributed by atoms with Gasteiger partial charge in [0.15, 0.2) is 5.78 Å². The highest BCUT2D eigenvalue weighted by atomic mass is 35.5. The summed E-state index contributed by atoms with van der Waals surface area (Å²) in [7, 11) is -2.56. The predicted octanol–water partition coefficient (Wildman–Crippen LogP) is 0.776. The van der Waals surface area contributed by atoms with Crippen LogP contribution in [0.25, 0.3) is 0 Å². The van der Waals surface area contributed by atoms with Crippen molar-refractivity contribution in [2.24, 2.45) is 10.1 Å². The maximum atomic E-state index is 11.1. The van der Waals surface area contributed by atoms with E-state index in [0.29, 0.717) is 19.4 Å². The van der Waals surface area contributed by atoms with Gasteiger partial charge in [0.05, 0.1) is 5.88 Å². The van der Waals surface area contributed by atoms with E-state index in [0.717, 1.165) is 6.42 Å². The van der Waals surface area contributed by atoms with E-state index in [9.17, 15) is 13.2 Å². The van der Waals surface area contributed by atoms with Gasteiger partial charge in [-0.3, -0.25) is 4.79 Å². The number of rotatable bonds is 7. The Bertz CT molecular complexity index is 297. The average molecular weight is 277 g/mol. The lowest BCUT2D eigenvalue weighted by atomic mass is 10.1. The molecule has 15 heavy (non-hydrogen) atoms. The number of nitrogens with zero attached hydrogens (tertiary/aromatic N) is 1. The molecule has 0 bridgehead atoms. The molecule has 0 aromatic heterocycles. The fraction of sp³-hybridized carbons (Fsp3) is 0.857. The molecule has 0 aliphatic carbocycles. The summed E-state index contributed by atoms with van der Waals surface area (Å²) >= 11 is 5.31. The molecule has 0 aromatic carbocycles. The van der Waals surface area contributed by atoms with Crippen molar-refractivity contribution in [2.75, 3.05) is 12.4 Å². The van der Waals surface area contributed by atoms with Crippen molar-refractivity contribution in [1.29, 1.82) is 0 Å². The highest BCUT2D eigenvalue weighted by molar-refractivity contribution is 7.61. The van der Waals surface area contributed by atoms with Crippen LogP contribution >= 0.6 is 24.0 Å². The van der Waals surface area contributed by atoms with Crippen LogP contribution in [0.4, 0.5) is 0 Å². The number of hydrogen-bond acceptors (Lipinski definition) is 5. The number of hydrogen-bond donors (Lipinski definition) is 1. The van der Waals surface area contributed by atoms with Crippen molar-refractivity contribution in [3.63, 3.8) is 0 Å². The summed E-state index contributed by atoms with van der Waals surface area (Å²) in [5.74, 6) is -0.582. The van der Waals surface area contributed by atoms with Gasteiger partial charge < -0.3 is 5.73 Å². The number of nitrogens with two attached hydrogens (primary N) is 1. The number of Topliss-reactive ketones (excluding diaryl/α,β-unsaturated/α-hetero) is 1. The molecule has 8 heteroatoms. The molecule has 90 valence electrons. The first-order valence-corrected chi connectivity index (χ1v) is 5.77. The SMILES string of the molecule is Cl.NCCCCC(N=S(=O)=O)C(=O)CCl. The van der Waals surface area contributed by atoms with Crippen molar-refractivity contribution in [1.82, 2.24) is 0 Å². The second kappa shape index (κ2) is 10.4. The van der Waals surface area contributed by atoms with Crippen molar-refractivity contribution in [3.05, 3.63) is 0 Å². The number of carbonyl (C=O) groups excluding carboxylic acids is 1. The van der Waals surface area contributed by atoms with Crippen LogP contribution in [0.5, 0.6) is 0 Å². The summed E-state index contributed by atoms with van der Waals surface area (Å²) in [5, 5.41) is 0. The predicted molar refractivity (Wildman–Crippen MR) is 61.0 cm³/mol. The molecule has 0 saturated carbocycles. The summed E-state index contributed by atoms with van der Waals surface area (Å²) in [6, 6.07) is -0.836. The van der Waals surface area contributed by atoms with Gasteiger partial charge in [0.25, 0.3) is 0 Å². The summed E-state index contributed by atoms with van der Waals surface area (Å²) in [6.45, 7) is 0.516. The summed E-state index contributed by atoms with van der Waals surface area (Å²) in [6.07, 6.45) is 1.80. The van der Waals surface area contributed by atoms with E-state index in [1.165, 1.54) is 0 Å². The quantitative estimate of drug-likeness (QED) is 0.550. The third-order valence-electron chi connectivity index (χ3n) is 1.65. The summed E-state index contributed by atoms with van der Waals surface area (Å²) in [5.41, 5.74) is 5.26. The minimum Gasteiger partial charge on any atom is -0.330 e. The molecule has 0 amide bonds. The van der Waals surface area contributed by atoms with E-state index in [2.05, 4.69) is 4.36 Å². The highest BCUT2D eigenvalue weighted by Gasteiger charge is 2.16. The third kappa shape index (κ3) is 8.80. The number of ketones is 1. The molecule has 0 heterocycles. The van der Waals surface area contributed by atoms with Crippen LogP contribution < -0.4 is 5.73 Å². The van der Waals surface area contributed by atoms with E-state index >= 15 is 0 Å². The van der Waals surface area contributed by atoms with Crippen molar-refractivity contribution >= 4 is 40.3 Å². The van der Waals surface area contributed by atoms with Gasteiger partial charge in [0, 0.05) is 0 Å². The fourth-order valence-electron chi connectivity index (χ4n) is 0.947. The van der Waals surface area contributed by atoms with Crippen molar-refractivity contribution in [3.8, 4) is 0 Å². The Balaban J connectivity index is 0. The van der Waals surface area contributed by atoms with E-state index in [1.54, 1.807) is 0 Å². The van der Waals surface area contributed by atoms with E-state index in [4.69, 9.17) is 17.3 Å². The molecule has 0 aromatic rings. The van der Waals surface area contributed by atoms with Crippen molar-refractivity contribution in [2.45, 2.75) is 25.3 Å². The third-order valence-corrected chi connectivity index (χ3v) is 2.34. The lowest BCUT2D eigenvalue weighted by Crippen LogP contribution is -2.20. The molecule has 5 nitrogen and oxygen atoms in total. The van der Waals surface area contributed by atoms with Crippen LogP contribution in [0.15, 0.2) is 4.36 Å². The van der Waals surface area contributed by atoms with Gasteiger partial charge in [-0.25, -0.2) is 0 Å². The minimum atomic E-state index is -2.56. The van der Waals surface area contributed by atoms with Gasteiger partial charge in [-0.05, 0) is 25.8 Å². The first-order valence-electron chi connectivity index (χ1n) is 4.20. The first-order chi connectivity index (χ1) is 6.61. The average Bonchev–Trinajstić information content (AvgIpc) is 2.15. The normalized spacial score (nSPS) is 11.3. The molecule has 0 rings (SSSR count). The second-order valence-electron chi connectivity index (χ2n) is 2.72. The fourth-order valence-corrected chi connectivity index (χ4v) is 1.56. The topological polar surface area (TPSA) is 89.6 Å². The summed E-state index contributed by atoms with van der Waals surface area (Å²) < 4.78 is 23.8. The van der Waals surface area contributed by atoms with Crippen LogP contribution in [0.3, 0.4) is 0 Å². The van der Waals surface area contributed by atoms with Crippen LogP contribution in [-0.4, -0.2) is 32.7 Å². The molecule has 2 N–H and O–H groups in total. The van der Waals surface area contributed by atoms with Gasteiger partial charge >= 0.3 is 10.5 Å². The molecule has 0 fully saturated rings. The first kappa shape index (κ1) is 17.2. The zero-order valence-electron chi connectivity index (χ0n) is 8.06. The van der Waals surface area contributed by atoms with Gasteiger partial charge in [-0.2, -0.15) is 12.8 Å². The minimum absolute atomic E-state index is 0. The lowest BCUT2D eigenvalue weighted by molar-refractivity contribution is -0.117. The number of alkyl halides is 1. The lowest BCUT2D eigenvalue weighted by Gasteiger charge is -2.05. The number of unbranched alkanes of at least 4 members (excludes halogenated alkanes) is 1. The number of carbonyl (C=O) groups is 1. The second-order valence-corrected chi connectivity index (χ2v) is 3.64. The highest BCUT2D eigenvalue weighted by Crippen LogP contribution is 2.06. The molecular weight excluding hydrogens is 263 g/mol. The standard InChI is InChI=1S/C7H13ClN2O3S.ClH/c8-5-7(11)6(10-14(12)13)3-1-2-4-9;/h6H,1-5,9H2;1H. The Morgan fingerprint density at radius 1 is 1.40 bits per heavy atom. The summed E-state index contributed by atoms with van der Waals surface area (Å²) in [4.78, 5) is 11.1. The Kier molecular flexibility index (Phi) is 11.9. The molecule has 0 aliphatic rings. The molecule has 0 spiro atoms. The zero-order valence-corrected chi connectivity index (χ0v) is 10.4. The van der Waals surface area contributed by atoms with E-state index in [1.807, 2.05) is 0 Å². The molecular formula is C7H14Cl2N2O3S. The largest absolute Gasteiger partial charge is 0.330 e. The number of halogens is 2. The Morgan fingerprint density at radius 3 is 2.40 bits per heavy atom. The Labute approximate surface area is 101 Å².